The van der Waals surface area contributed by atoms with Crippen molar-refractivity contribution in [3.63, 3.8) is 0 Å². The van der Waals surface area contributed by atoms with E-state index in [0.717, 1.165) is 13.0 Å². The van der Waals surface area contributed by atoms with Crippen LogP contribution < -0.4 is 5.32 Å². The molecule has 0 saturated carbocycles. The van der Waals surface area contributed by atoms with Crippen molar-refractivity contribution in [3.8, 4) is 0 Å². The molecule has 1 aromatic carbocycles. The molecule has 0 saturated heterocycles. The second-order valence-electron chi connectivity index (χ2n) is 4.74. The van der Waals surface area contributed by atoms with Crippen LogP contribution >= 0.6 is 11.3 Å². The second-order valence-corrected chi connectivity index (χ2v) is 5.86. The van der Waals surface area contributed by atoms with Crippen molar-refractivity contribution in [1.29, 1.82) is 0 Å². The maximum absolute atomic E-state index is 3.60. The van der Waals surface area contributed by atoms with Gasteiger partial charge >= 0.3 is 0 Å². The van der Waals surface area contributed by atoms with E-state index in [0.29, 0.717) is 6.04 Å². The SMILES string of the molecule is CCNC(Cc1cccc(C)c1)c1ccsc1C. The summed E-state index contributed by atoms with van der Waals surface area (Å²) in [7, 11) is 0. The molecule has 0 spiro atoms. The molecule has 0 bridgehead atoms. The van der Waals surface area contributed by atoms with Crippen LogP contribution in [0.1, 0.15) is 34.5 Å². The van der Waals surface area contributed by atoms with E-state index in [1.54, 1.807) is 0 Å². The van der Waals surface area contributed by atoms with Crippen LogP contribution in [0.2, 0.25) is 0 Å². The van der Waals surface area contributed by atoms with Gasteiger partial charge in [-0.3, -0.25) is 0 Å². The minimum atomic E-state index is 0.433. The van der Waals surface area contributed by atoms with Gasteiger partial charge in [-0.2, -0.15) is 0 Å². The van der Waals surface area contributed by atoms with Gasteiger partial charge in [0.15, 0.2) is 0 Å². The molecule has 1 N–H and O–H groups in total. The van der Waals surface area contributed by atoms with Gasteiger partial charge in [-0.1, -0.05) is 36.8 Å². The number of aryl methyl sites for hydroxylation is 2. The summed E-state index contributed by atoms with van der Waals surface area (Å²) in [5.41, 5.74) is 4.19. The summed E-state index contributed by atoms with van der Waals surface area (Å²) in [6.45, 7) is 7.54. The zero-order chi connectivity index (χ0) is 13.0. The highest BCUT2D eigenvalue weighted by Gasteiger charge is 2.14. The van der Waals surface area contributed by atoms with Crippen LogP contribution in [0, 0.1) is 13.8 Å². The second kappa shape index (κ2) is 6.17. The largest absolute Gasteiger partial charge is 0.310 e. The molecule has 0 fully saturated rings. The fourth-order valence-corrected chi connectivity index (χ4v) is 3.13. The average Bonchev–Trinajstić information content (AvgIpc) is 2.75. The molecule has 2 heteroatoms. The zero-order valence-electron chi connectivity index (χ0n) is 11.4. The lowest BCUT2D eigenvalue weighted by Gasteiger charge is -2.18. The van der Waals surface area contributed by atoms with Crippen molar-refractivity contribution in [3.05, 3.63) is 57.3 Å². The molecular weight excluding hydrogens is 238 g/mol. The molecule has 0 aliphatic carbocycles. The molecule has 1 heterocycles. The summed E-state index contributed by atoms with van der Waals surface area (Å²) in [6.07, 6.45) is 1.06. The van der Waals surface area contributed by atoms with Gasteiger partial charge in [0.2, 0.25) is 0 Å². The molecule has 0 aliphatic heterocycles. The van der Waals surface area contributed by atoms with Gasteiger partial charge in [0.05, 0.1) is 0 Å². The molecule has 96 valence electrons. The smallest absolute Gasteiger partial charge is 0.0371 e. The highest BCUT2D eigenvalue weighted by Crippen LogP contribution is 2.25. The van der Waals surface area contributed by atoms with E-state index in [1.807, 2.05) is 11.3 Å². The monoisotopic (exact) mass is 259 g/mol. The molecule has 1 aromatic heterocycles. The van der Waals surface area contributed by atoms with Crippen LogP contribution in [0.15, 0.2) is 35.7 Å². The van der Waals surface area contributed by atoms with Crippen molar-refractivity contribution in [1.82, 2.24) is 5.32 Å². The molecule has 0 radical (unpaired) electrons. The summed E-state index contributed by atoms with van der Waals surface area (Å²) in [6, 6.07) is 11.5. The number of hydrogen-bond acceptors (Lipinski definition) is 2. The Kier molecular flexibility index (Phi) is 4.56. The van der Waals surface area contributed by atoms with Crippen molar-refractivity contribution in [2.24, 2.45) is 0 Å². The van der Waals surface area contributed by atoms with Crippen molar-refractivity contribution < 1.29 is 0 Å². The molecule has 1 unspecified atom stereocenters. The highest BCUT2D eigenvalue weighted by molar-refractivity contribution is 7.10. The summed E-state index contributed by atoms with van der Waals surface area (Å²) < 4.78 is 0. The Morgan fingerprint density at radius 2 is 2.06 bits per heavy atom. The average molecular weight is 259 g/mol. The van der Waals surface area contributed by atoms with Crippen LogP contribution in [0.5, 0.6) is 0 Å². The van der Waals surface area contributed by atoms with E-state index in [1.165, 1.54) is 21.6 Å². The maximum Gasteiger partial charge on any atom is 0.0371 e. The normalized spacial score (nSPS) is 12.6. The van der Waals surface area contributed by atoms with Crippen LogP contribution in [-0.4, -0.2) is 6.54 Å². The molecule has 0 amide bonds. The van der Waals surface area contributed by atoms with Gasteiger partial charge in [-0.05, 0) is 49.4 Å². The number of rotatable bonds is 5. The Labute approximate surface area is 114 Å². The molecule has 18 heavy (non-hydrogen) atoms. The molecule has 0 aliphatic rings. The molecule has 2 rings (SSSR count). The molecule has 2 aromatic rings. The first-order chi connectivity index (χ1) is 8.70. The summed E-state index contributed by atoms with van der Waals surface area (Å²) in [4.78, 5) is 1.42. The van der Waals surface area contributed by atoms with Gasteiger partial charge in [-0.25, -0.2) is 0 Å². The quantitative estimate of drug-likeness (QED) is 0.846. The van der Waals surface area contributed by atoms with E-state index in [-0.39, 0.29) is 0 Å². The van der Waals surface area contributed by atoms with Crippen LogP contribution in [-0.2, 0) is 6.42 Å². The minimum Gasteiger partial charge on any atom is -0.310 e. The first-order valence-electron chi connectivity index (χ1n) is 6.53. The fraction of sp³-hybridized carbons (Fsp3) is 0.375. The lowest BCUT2D eigenvalue weighted by Crippen LogP contribution is -2.23. The standard InChI is InChI=1S/C16H21NS/c1-4-17-16(15-8-9-18-13(15)3)11-14-7-5-6-12(2)10-14/h5-10,16-17H,4,11H2,1-3H3. The van der Waals surface area contributed by atoms with Crippen molar-refractivity contribution in [2.45, 2.75) is 33.2 Å². The predicted octanol–water partition coefficient (Wildman–Crippen LogP) is 4.26. The third kappa shape index (κ3) is 3.21. The van der Waals surface area contributed by atoms with Gasteiger partial charge in [-0.15, -0.1) is 11.3 Å². The van der Waals surface area contributed by atoms with E-state index in [9.17, 15) is 0 Å². The topological polar surface area (TPSA) is 12.0 Å². The van der Waals surface area contributed by atoms with E-state index in [4.69, 9.17) is 0 Å². The van der Waals surface area contributed by atoms with Crippen LogP contribution in [0.3, 0.4) is 0 Å². The Morgan fingerprint density at radius 1 is 1.22 bits per heavy atom. The van der Waals surface area contributed by atoms with Crippen LogP contribution in [0.4, 0.5) is 0 Å². The molecule has 1 atom stereocenters. The van der Waals surface area contributed by atoms with Crippen molar-refractivity contribution >= 4 is 11.3 Å². The number of thiophene rings is 1. The van der Waals surface area contributed by atoms with E-state index >= 15 is 0 Å². The van der Waals surface area contributed by atoms with E-state index in [2.05, 4.69) is 61.8 Å². The van der Waals surface area contributed by atoms with Gasteiger partial charge < -0.3 is 5.32 Å². The predicted molar refractivity (Wildman–Crippen MR) is 80.4 cm³/mol. The van der Waals surface area contributed by atoms with Crippen LogP contribution in [0.25, 0.3) is 0 Å². The first kappa shape index (κ1) is 13.3. The Hall–Kier alpha value is -1.12. The lowest BCUT2D eigenvalue weighted by molar-refractivity contribution is 0.549. The minimum absolute atomic E-state index is 0.433. The molecular formula is C16H21NS. The zero-order valence-corrected chi connectivity index (χ0v) is 12.2. The summed E-state index contributed by atoms with van der Waals surface area (Å²) in [5.74, 6) is 0. The third-order valence-electron chi connectivity index (χ3n) is 3.25. The Balaban J connectivity index is 2.19. The lowest BCUT2D eigenvalue weighted by atomic mass is 9.98. The highest BCUT2D eigenvalue weighted by atomic mass is 32.1. The summed E-state index contributed by atoms with van der Waals surface area (Å²) in [5, 5.41) is 5.79. The maximum atomic E-state index is 3.60. The van der Waals surface area contributed by atoms with Gasteiger partial charge in [0.25, 0.3) is 0 Å². The number of nitrogens with one attached hydrogen (secondary N) is 1. The van der Waals surface area contributed by atoms with E-state index < -0.39 is 0 Å². The van der Waals surface area contributed by atoms with Gasteiger partial charge in [0.1, 0.15) is 0 Å². The van der Waals surface area contributed by atoms with Gasteiger partial charge in [0, 0.05) is 10.9 Å². The number of hydrogen-bond donors (Lipinski definition) is 1. The Bertz CT molecular complexity index is 501. The Morgan fingerprint density at radius 3 is 2.67 bits per heavy atom. The first-order valence-corrected chi connectivity index (χ1v) is 7.41. The third-order valence-corrected chi connectivity index (χ3v) is 4.11. The van der Waals surface area contributed by atoms with Crippen molar-refractivity contribution in [2.75, 3.05) is 6.54 Å². The number of benzene rings is 1. The molecule has 1 nitrogen and oxygen atoms in total. The summed E-state index contributed by atoms with van der Waals surface area (Å²) >= 11 is 1.83. The number of likely N-dealkylation sites (N-methyl/N-ethyl adjacent to an activating group) is 1. The fourth-order valence-electron chi connectivity index (χ4n) is 2.37.